The Bertz CT molecular complexity index is 552. The molecule has 1 aromatic heterocycles. The van der Waals surface area contributed by atoms with Gasteiger partial charge in [-0.15, -0.1) is 0 Å². The summed E-state index contributed by atoms with van der Waals surface area (Å²) >= 11 is 0. The summed E-state index contributed by atoms with van der Waals surface area (Å²) in [6.07, 6.45) is 2.41. The molecule has 114 valence electrons. The van der Waals surface area contributed by atoms with Crippen LogP contribution in [0.4, 0.5) is 0 Å². The van der Waals surface area contributed by atoms with Crippen molar-refractivity contribution in [3.63, 3.8) is 0 Å². The molecule has 0 radical (unpaired) electrons. The van der Waals surface area contributed by atoms with E-state index in [0.717, 1.165) is 17.2 Å². The molecule has 0 fully saturated rings. The summed E-state index contributed by atoms with van der Waals surface area (Å²) < 4.78 is 13.0. The van der Waals surface area contributed by atoms with E-state index in [2.05, 4.69) is 18.9 Å². The number of hydrogen-bond acceptors (Lipinski definition) is 4. The third kappa shape index (κ3) is 3.76. The molecule has 5 nitrogen and oxygen atoms in total. The lowest BCUT2D eigenvalue weighted by molar-refractivity contribution is 0.292. The number of methoxy groups -OCH3 is 1. The first kappa shape index (κ1) is 15.4. The lowest BCUT2D eigenvalue weighted by Gasteiger charge is -2.18. The Morgan fingerprint density at radius 3 is 2.57 bits per heavy atom. The topological polar surface area (TPSA) is 62.3 Å². The van der Waals surface area contributed by atoms with Gasteiger partial charge in [0.2, 0.25) is 0 Å². The summed E-state index contributed by atoms with van der Waals surface area (Å²) in [4.78, 5) is 0. The van der Waals surface area contributed by atoms with E-state index in [1.807, 2.05) is 35.0 Å². The molecule has 0 saturated heterocycles. The minimum absolute atomic E-state index is 0.173. The third-order valence-electron chi connectivity index (χ3n) is 3.30. The third-order valence-corrected chi connectivity index (χ3v) is 3.30. The summed E-state index contributed by atoms with van der Waals surface area (Å²) in [5.41, 5.74) is 7.22. The number of para-hydroxylation sites is 1. The largest absolute Gasteiger partial charge is 0.494 e. The first-order valence-corrected chi connectivity index (χ1v) is 7.18. The van der Waals surface area contributed by atoms with Crippen molar-refractivity contribution in [1.82, 2.24) is 9.78 Å². The first-order chi connectivity index (χ1) is 10.1. The number of rotatable bonds is 7. The summed E-state index contributed by atoms with van der Waals surface area (Å²) in [6, 6.07) is 9.80. The van der Waals surface area contributed by atoms with Crippen LogP contribution in [0.15, 0.2) is 36.5 Å². The van der Waals surface area contributed by atoms with E-state index >= 15 is 0 Å². The van der Waals surface area contributed by atoms with Gasteiger partial charge in [0.1, 0.15) is 5.75 Å². The predicted molar refractivity (Wildman–Crippen MR) is 82.6 cm³/mol. The van der Waals surface area contributed by atoms with Crippen molar-refractivity contribution in [2.75, 3.05) is 13.7 Å². The van der Waals surface area contributed by atoms with E-state index in [1.165, 1.54) is 0 Å². The number of nitrogens with zero attached hydrogens (tertiary/aromatic N) is 2. The molecule has 1 heterocycles. The second kappa shape index (κ2) is 7.13. The number of hydrogen-bond donors (Lipinski definition) is 1. The molecule has 2 aromatic rings. The zero-order valence-corrected chi connectivity index (χ0v) is 12.8. The van der Waals surface area contributed by atoms with Crippen molar-refractivity contribution >= 4 is 0 Å². The number of ether oxygens (including phenoxy) is 2. The van der Waals surface area contributed by atoms with E-state index in [0.29, 0.717) is 13.0 Å². The van der Waals surface area contributed by atoms with Crippen LogP contribution in [0.2, 0.25) is 0 Å². The Hall–Kier alpha value is -2.01. The minimum atomic E-state index is -0.173. The lowest BCUT2D eigenvalue weighted by atomic mass is 10.1. The standard InChI is InChI=1S/C16H23N3O2/c1-12(2)19-16(15(20-3)11-18-19)14(17)9-10-21-13-7-5-4-6-8-13/h4-8,11-12,14H,9-10,17H2,1-3H3. The maximum atomic E-state index is 6.30. The van der Waals surface area contributed by atoms with E-state index in [1.54, 1.807) is 13.3 Å². The van der Waals surface area contributed by atoms with Crippen molar-refractivity contribution < 1.29 is 9.47 Å². The van der Waals surface area contributed by atoms with E-state index in [-0.39, 0.29) is 12.1 Å². The molecule has 1 atom stereocenters. The molecule has 0 saturated carbocycles. The van der Waals surface area contributed by atoms with E-state index < -0.39 is 0 Å². The zero-order chi connectivity index (χ0) is 15.2. The summed E-state index contributed by atoms with van der Waals surface area (Å²) in [7, 11) is 1.64. The van der Waals surface area contributed by atoms with Gasteiger partial charge in [-0.2, -0.15) is 5.10 Å². The highest BCUT2D eigenvalue weighted by Gasteiger charge is 2.20. The SMILES string of the molecule is COc1cnn(C(C)C)c1C(N)CCOc1ccccc1. The quantitative estimate of drug-likeness (QED) is 0.851. The summed E-state index contributed by atoms with van der Waals surface area (Å²) in [5.74, 6) is 1.59. The Morgan fingerprint density at radius 1 is 1.24 bits per heavy atom. The van der Waals surface area contributed by atoms with Crippen LogP contribution in [-0.2, 0) is 0 Å². The van der Waals surface area contributed by atoms with Gasteiger partial charge in [-0.05, 0) is 26.0 Å². The van der Waals surface area contributed by atoms with E-state index in [4.69, 9.17) is 15.2 Å². The molecule has 21 heavy (non-hydrogen) atoms. The maximum Gasteiger partial charge on any atom is 0.161 e. The monoisotopic (exact) mass is 289 g/mol. The number of aromatic nitrogens is 2. The highest BCUT2D eigenvalue weighted by molar-refractivity contribution is 5.28. The van der Waals surface area contributed by atoms with Gasteiger partial charge in [0.15, 0.2) is 5.75 Å². The van der Waals surface area contributed by atoms with Gasteiger partial charge in [-0.1, -0.05) is 18.2 Å². The molecule has 0 amide bonds. The predicted octanol–water partition coefficient (Wildman–Crippen LogP) is 2.94. The zero-order valence-electron chi connectivity index (χ0n) is 12.8. The molecule has 2 N–H and O–H groups in total. The van der Waals surface area contributed by atoms with Crippen molar-refractivity contribution in [2.24, 2.45) is 5.73 Å². The van der Waals surface area contributed by atoms with Gasteiger partial charge in [0, 0.05) is 12.5 Å². The van der Waals surface area contributed by atoms with Crippen LogP contribution in [0, 0.1) is 0 Å². The summed E-state index contributed by atoms with van der Waals surface area (Å²) in [6.45, 7) is 4.70. The molecule has 2 rings (SSSR count). The van der Waals surface area contributed by atoms with Crippen LogP contribution >= 0.6 is 0 Å². The normalized spacial score (nSPS) is 12.4. The minimum Gasteiger partial charge on any atom is -0.494 e. The smallest absolute Gasteiger partial charge is 0.161 e. The Kier molecular flexibility index (Phi) is 5.22. The highest BCUT2D eigenvalue weighted by atomic mass is 16.5. The molecule has 0 aliphatic carbocycles. The highest BCUT2D eigenvalue weighted by Crippen LogP contribution is 2.28. The van der Waals surface area contributed by atoms with Crippen LogP contribution in [-0.4, -0.2) is 23.5 Å². The Labute approximate surface area is 125 Å². The fourth-order valence-corrected chi connectivity index (χ4v) is 2.23. The van der Waals surface area contributed by atoms with Gasteiger partial charge >= 0.3 is 0 Å². The molecule has 0 aliphatic heterocycles. The van der Waals surface area contributed by atoms with Crippen LogP contribution in [0.1, 0.15) is 38.0 Å². The van der Waals surface area contributed by atoms with E-state index in [9.17, 15) is 0 Å². The van der Waals surface area contributed by atoms with Gasteiger partial charge in [0.25, 0.3) is 0 Å². The molecule has 1 unspecified atom stereocenters. The van der Waals surface area contributed by atoms with Crippen LogP contribution in [0.5, 0.6) is 11.5 Å². The molecule has 0 aliphatic rings. The van der Waals surface area contributed by atoms with Gasteiger partial charge in [-0.3, -0.25) is 4.68 Å². The van der Waals surface area contributed by atoms with Crippen LogP contribution in [0.3, 0.4) is 0 Å². The van der Waals surface area contributed by atoms with Crippen molar-refractivity contribution in [3.8, 4) is 11.5 Å². The Balaban J connectivity index is 2.00. The van der Waals surface area contributed by atoms with Crippen molar-refractivity contribution in [3.05, 3.63) is 42.2 Å². The average molecular weight is 289 g/mol. The number of benzene rings is 1. The van der Waals surface area contributed by atoms with Gasteiger partial charge in [0.05, 0.1) is 31.6 Å². The number of nitrogens with two attached hydrogens (primary N) is 1. The fraction of sp³-hybridized carbons (Fsp3) is 0.438. The Morgan fingerprint density at radius 2 is 1.95 bits per heavy atom. The van der Waals surface area contributed by atoms with Crippen LogP contribution in [0.25, 0.3) is 0 Å². The van der Waals surface area contributed by atoms with Gasteiger partial charge < -0.3 is 15.2 Å². The molecule has 1 aromatic carbocycles. The molecule has 0 bridgehead atoms. The van der Waals surface area contributed by atoms with Gasteiger partial charge in [-0.25, -0.2) is 0 Å². The molecular weight excluding hydrogens is 266 g/mol. The second-order valence-electron chi connectivity index (χ2n) is 5.19. The first-order valence-electron chi connectivity index (χ1n) is 7.18. The lowest BCUT2D eigenvalue weighted by Crippen LogP contribution is -2.20. The molecule has 0 spiro atoms. The average Bonchev–Trinajstić information content (AvgIpc) is 2.92. The summed E-state index contributed by atoms with van der Waals surface area (Å²) in [5, 5.41) is 4.34. The fourth-order valence-electron chi connectivity index (χ4n) is 2.23. The second-order valence-corrected chi connectivity index (χ2v) is 5.19. The molecule has 5 heteroatoms. The van der Waals surface area contributed by atoms with Crippen molar-refractivity contribution in [1.29, 1.82) is 0 Å². The van der Waals surface area contributed by atoms with Crippen molar-refractivity contribution in [2.45, 2.75) is 32.4 Å². The maximum absolute atomic E-state index is 6.30. The van der Waals surface area contributed by atoms with Crippen LogP contribution < -0.4 is 15.2 Å². The molecular formula is C16H23N3O2.